The van der Waals surface area contributed by atoms with Gasteiger partial charge in [0.2, 0.25) is 0 Å². The topological polar surface area (TPSA) is 26.0 Å². The first-order valence-corrected chi connectivity index (χ1v) is 7.87. The van der Waals surface area contributed by atoms with Crippen molar-refractivity contribution in [1.82, 2.24) is 0 Å². The summed E-state index contributed by atoms with van der Waals surface area (Å²) in [7, 11) is 0. The van der Waals surface area contributed by atoms with E-state index in [0.717, 1.165) is 11.7 Å². The van der Waals surface area contributed by atoms with Crippen LogP contribution in [0.1, 0.15) is 18.9 Å². The molecule has 0 saturated heterocycles. The molecule has 1 aliphatic rings. The Balaban J connectivity index is 1.71. The third kappa shape index (κ3) is 3.44. The lowest BCUT2D eigenvalue weighted by molar-refractivity contribution is 0.721. The summed E-state index contributed by atoms with van der Waals surface area (Å²) in [6, 6.07) is 9.13. The first kappa shape index (κ1) is 12.3. The van der Waals surface area contributed by atoms with Gasteiger partial charge < -0.3 is 5.73 Å². The molecule has 0 spiro atoms. The highest BCUT2D eigenvalue weighted by Gasteiger charge is 2.21. The van der Waals surface area contributed by atoms with Crippen molar-refractivity contribution in [2.75, 3.05) is 11.5 Å². The quantitative estimate of drug-likeness (QED) is 0.816. The smallest absolute Gasteiger partial charge is 0.0226 e. The van der Waals surface area contributed by atoms with Gasteiger partial charge >= 0.3 is 0 Å². The first-order valence-electron chi connectivity index (χ1n) is 5.83. The molecule has 0 radical (unpaired) electrons. The minimum Gasteiger partial charge on any atom is -0.328 e. The Bertz CT molecular complexity index is 313. The molecule has 0 aromatic heterocycles. The molecule has 0 saturated carbocycles. The van der Waals surface area contributed by atoms with Gasteiger partial charge in [-0.3, -0.25) is 0 Å². The molecule has 0 amide bonds. The molecule has 2 atom stereocenters. The normalized spacial score (nSPS) is 20.8. The van der Waals surface area contributed by atoms with Gasteiger partial charge in [0.25, 0.3) is 0 Å². The van der Waals surface area contributed by atoms with Crippen molar-refractivity contribution in [2.24, 2.45) is 5.73 Å². The summed E-state index contributed by atoms with van der Waals surface area (Å²) >= 11 is 4.09. The number of benzene rings is 1. The molecule has 2 rings (SSSR count). The van der Waals surface area contributed by atoms with Gasteiger partial charge in [0.05, 0.1) is 0 Å². The fraction of sp³-hybridized carbons (Fsp3) is 0.538. The van der Waals surface area contributed by atoms with Crippen LogP contribution >= 0.6 is 23.5 Å². The SMILES string of the molecule is CC(N)CCSCC1Cc2ccccc2S1. The van der Waals surface area contributed by atoms with E-state index >= 15 is 0 Å². The summed E-state index contributed by atoms with van der Waals surface area (Å²) in [6.07, 6.45) is 2.38. The van der Waals surface area contributed by atoms with E-state index in [-0.39, 0.29) is 0 Å². The number of fused-ring (bicyclic) bond motifs is 1. The van der Waals surface area contributed by atoms with Crippen LogP contribution < -0.4 is 5.73 Å². The zero-order valence-electron chi connectivity index (χ0n) is 9.69. The van der Waals surface area contributed by atoms with Crippen LogP contribution in [0.4, 0.5) is 0 Å². The molecule has 1 nitrogen and oxygen atoms in total. The summed E-state index contributed by atoms with van der Waals surface area (Å²) in [4.78, 5) is 1.49. The first-order chi connectivity index (χ1) is 7.75. The lowest BCUT2D eigenvalue weighted by atomic mass is 10.1. The molecule has 1 aromatic carbocycles. The molecular formula is C13H19NS2. The second-order valence-electron chi connectivity index (χ2n) is 4.39. The van der Waals surface area contributed by atoms with Crippen LogP contribution in [0.5, 0.6) is 0 Å². The molecule has 0 fully saturated rings. The van der Waals surface area contributed by atoms with Gasteiger partial charge in [0.15, 0.2) is 0 Å². The van der Waals surface area contributed by atoms with Crippen LogP contribution in [0.25, 0.3) is 0 Å². The summed E-state index contributed by atoms with van der Waals surface area (Å²) in [6.45, 7) is 2.08. The van der Waals surface area contributed by atoms with Gasteiger partial charge in [0.1, 0.15) is 0 Å². The van der Waals surface area contributed by atoms with Crippen molar-refractivity contribution >= 4 is 23.5 Å². The van der Waals surface area contributed by atoms with Crippen LogP contribution in [-0.2, 0) is 6.42 Å². The number of nitrogens with two attached hydrogens (primary N) is 1. The number of rotatable bonds is 5. The highest BCUT2D eigenvalue weighted by atomic mass is 32.2. The van der Waals surface area contributed by atoms with Gasteiger partial charge in [-0.2, -0.15) is 11.8 Å². The summed E-state index contributed by atoms with van der Waals surface area (Å²) in [5, 5.41) is 0.774. The minimum absolute atomic E-state index is 0.348. The van der Waals surface area contributed by atoms with Crippen molar-refractivity contribution in [3.63, 3.8) is 0 Å². The summed E-state index contributed by atoms with van der Waals surface area (Å²) in [5.41, 5.74) is 7.27. The third-order valence-corrected chi connectivity index (χ3v) is 5.43. The lowest BCUT2D eigenvalue weighted by Crippen LogP contribution is -2.16. The second-order valence-corrected chi connectivity index (χ2v) is 6.88. The largest absolute Gasteiger partial charge is 0.328 e. The van der Waals surface area contributed by atoms with Crippen molar-refractivity contribution < 1.29 is 0 Å². The van der Waals surface area contributed by atoms with E-state index in [4.69, 9.17) is 5.73 Å². The average Bonchev–Trinajstić information content (AvgIpc) is 2.66. The van der Waals surface area contributed by atoms with Crippen molar-refractivity contribution in [3.8, 4) is 0 Å². The van der Waals surface area contributed by atoms with Crippen molar-refractivity contribution in [1.29, 1.82) is 0 Å². The van der Waals surface area contributed by atoms with Gasteiger partial charge in [-0.05, 0) is 37.1 Å². The summed E-state index contributed by atoms with van der Waals surface area (Å²) < 4.78 is 0. The predicted octanol–water partition coefficient (Wildman–Crippen LogP) is 3.17. The third-order valence-electron chi connectivity index (χ3n) is 2.74. The van der Waals surface area contributed by atoms with Gasteiger partial charge in [-0.15, -0.1) is 11.8 Å². The van der Waals surface area contributed by atoms with Crippen molar-refractivity contribution in [2.45, 2.75) is 36.0 Å². The minimum atomic E-state index is 0.348. The van der Waals surface area contributed by atoms with Crippen LogP contribution in [0.15, 0.2) is 29.2 Å². The standard InChI is InChI=1S/C13H19NS2/c1-10(14)6-7-15-9-12-8-11-4-2-3-5-13(11)16-12/h2-5,10,12H,6-9,14H2,1H3. The van der Waals surface area contributed by atoms with Crippen LogP contribution in [0.3, 0.4) is 0 Å². The van der Waals surface area contributed by atoms with E-state index in [9.17, 15) is 0 Å². The number of thioether (sulfide) groups is 2. The molecule has 0 bridgehead atoms. The molecule has 3 heteroatoms. The Hall–Kier alpha value is -0.120. The Morgan fingerprint density at radius 3 is 3.06 bits per heavy atom. The maximum atomic E-state index is 5.74. The highest BCUT2D eigenvalue weighted by Crippen LogP contribution is 2.38. The molecule has 1 aromatic rings. The molecule has 1 aliphatic heterocycles. The zero-order valence-corrected chi connectivity index (χ0v) is 11.3. The van der Waals surface area contributed by atoms with Crippen LogP contribution in [-0.4, -0.2) is 22.8 Å². The van der Waals surface area contributed by atoms with E-state index in [1.807, 2.05) is 23.5 Å². The lowest BCUT2D eigenvalue weighted by Gasteiger charge is -2.08. The fourth-order valence-corrected chi connectivity index (χ4v) is 4.56. The van der Waals surface area contributed by atoms with E-state index in [0.29, 0.717) is 6.04 Å². The van der Waals surface area contributed by atoms with Crippen LogP contribution in [0, 0.1) is 0 Å². The maximum Gasteiger partial charge on any atom is 0.0226 e. The van der Waals surface area contributed by atoms with Crippen LogP contribution in [0.2, 0.25) is 0 Å². The fourth-order valence-electron chi connectivity index (χ4n) is 1.83. The number of hydrogen-bond acceptors (Lipinski definition) is 3. The second kappa shape index (κ2) is 5.99. The molecule has 0 aliphatic carbocycles. The monoisotopic (exact) mass is 253 g/mol. The Morgan fingerprint density at radius 1 is 1.50 bits per heavy atom. The highest BCUT2D eigenvalue weighted by molar-refractivity contribution is 8.03. The molecule has 2 unspecified atom stereocenters. The summed E-state index contributed by atoms with van der Waals surface area (Å²) in [5.74, 6) is 2.46. The van der Waals surface area contributed by atoms with Gasteiger partial charge in [0, 0.05) is 21.9 Å². The molecule has 2 N–H and O–H groups in total. The van der Waals surface area contributed by atoms with E-state index in [1.54, 1.807) is 0 Å². The number of hydrogen-bond donors (Lipinski definition) is 1. The van der Waals surface area contributed by atoms with Gasteiger partial charge in [-0.25, -0.2) is 0 Å². The van der Waals surface area contributed by atoms with E-state index < -0.39 is 0 Å². The van der Waals surface area contributed by atoms with Gasteiger partial charge in [-0.1, -0.05) is 18.2 Å². The molecular weight excluding hydrogens is 234 g/mol. The van der Waals surface area contributed by atoms with E-state index in [1.165, 1.54) is 28.4 Å². The predicted molar refractivity (Wildman–Crippen MR) is 75.4 cm³/mol. The molecule has 88 valence electrons. The molecule has 16 heavy (non-hydrogen) atoms. The van der Waals surface area contributed by atoms with E-state index in [2.05, 4.69) is 31.2 Å². The van der Waals surface area contributed by atoms with Crippen molar-refractivity contribution in [3.05, 3.63) is 29.8 Å². The molecule has 1 heterocycles. The Kier molecular flexibility index (Phi) is 4.62. The Labute approximate surface area is 107 Å². The average molecular weight is 253 g/mol. The maximum absolute atomic E-state index is 5.74. The Morgan fingerprint density at radius 2 is 2.31 bits per heavy atom. The zero-order chi connectivity index (χ0) is 11.4.